The Morgan fingerprint density at radius 2 is 2.00 bits per heavy atom. The van der Waals surface area contributed by atoms with Gasteiger partial charge in [0.1, 0.15) is 0 Å². The Morgan fingerprint density at radius 1 is 1.17 bits per heavy atom. The van der Waals surface area contributed by atoms with E-state index in [1.807, 2.05) is 43.3 Å². The summed E-state index contributed by atoms with van der Waals surface area (Å²) in [7, 11) is 0. The first kappa shape index (κ1) is 21.2. The Balaban J connectivity index is 0.00000240. The molecule has 1 unspecified atom stereocenters. The first-order valence-electron chi connectivity index (χ1n) is 9.52. The molecule has 2 heterocycles. The number of hydrogen-bond acceptors (Lipinski definition) is 4. The van der Waals surface area contributed by atoms with Gasteiger partial charge in [-0.25, -0.2) is 4.99 Å². The number of anilines is 1. The molecule has 0 fully saturated rings. The minimum absolute atomic E-state index is 0. The van der Waals surface area contributed by atoms with Gasteiger partial charge in [-0.15, -0.1) is 24.0 Å². The summed E-state index contributed by atoms with van der Waals surface area (Å²) in [4.78, 5) is 16.7. The normalized spacial score (nSPS) is 17.1. The van der Waals surface area contributed by atoms with Gasteiger partial charge in [0.2, 0.25) is 12.7 Å². The van der Waals surface area contributed by atoms with Crippen molar-refractivity contribution in [3.8, 4) is 11.5 Å². The molecule has 29 heavy (non-hydrogen) atoms. The van der Waals surface area contributed by atoms with E-state index in [4.69, 9.17) is 9.47 Å². The molecule has 0 saturated heterocycles. The molecule has 2 aliphatic heterocycles. The number of guanidine groups is 1. The smallest absolute Gasteiger partial charge is 0.231 e. The molecule has 0 radical (unpaired) electrons. The van der Waals surface area contributed by atoms with Crippen LogP contribution in [0.15, 0.2) is 47.5 Å². The van der Waals surface area contributed by atoms with Crippen molar-refractivity contribution in [2.75, 3.05) is 25.2 Å². The highest BCUT2D eigenvalue weighted by Gasteiger charge is 2.24. The summed E-state index contributed by atoms with van der Waals surface area (Å²) in [6, 6.07) is 13.8. The molecule has 3 N–H and O–H groups in total. The van der Waals surface area contributed by atoms with Crippen molar-refractivity contribution in [2.24, 2.45) is 4.99 Å². The lowest BCUT2D eigenvalue weighted by Gasteiger charge is -2.26. The number of nitrogens with zero attached hydrogens (tertiary/aromatic N) is 1. The van der Waals surface area contributed by atoms with Crippen LogP contribution in [0.4, 0.5) is 5.69 Å². The van der Waals surface area contributed by atoms with E-state index in [1.165, 1.54) is 0 Å². The van der Waals surface area contributed by atoms with Crippen LogP contribution in [0.25, 0.3) is 0 Å². The molecule has 0 saturated carbocycles. The number of hydrogen-bond donors (Lipinski definition) is 3. The topological polar surface area (TPSA) is 84.0 Å². The second-order valence-corrected chi connectivity index (χ2v) is 6.80. The quantitative estimate of drug-likeness (QED) is 0.328. The van der Waals surface area contributed by atoms with Gasteiger partial charge in [0.15, 0.2) is 17.5 Å². The fraction of sp³-hybridized carbons (Fsp3) is 0.333. The van der Waals surface area contributed by atoms with Crippen molar-refractivity contribution < 1.29 is 14.3 Å². The molecule has 7 nitrogen and oxygen atoms in total. The average Bonchev–Trinajstić information content (AvgIpc) is 3.17. The Bertz CT molecular complexity index is 903. The number of para-hydroxylation sites is 1. The summed E-state index contributed by atoms with van der Waals surface area (Å²) in [6.45, 7) is 4.21. The second-order valence-electron chi connectivity index (χ2n) is 6.80. The van der Waals surface area contributed by atoms with Crippen LogP contribution >= 0.6 is 24.0 Å². The summed E-state index contributed by atoms with van der Waals surface area (Å²) in [5.74, 6) is 2.42. The molecule has 2 aliphatic rings. The van der Waals surface area contributed by atoms with E-state index in [0.29, 0.717) is 19.5 Å². The number of aliphatic imine (C=N–C) groups is 1. The van der Waals surface area contributed by atoms with Crippen LogP contribution in [0, 0.1) is 0 Å². The molecular formula is C21H25IN4O3. The number of benzene rings is 2. The fourth-order valence-electron chi connectivity index (χ4n) is 3.46. The van der Waals surface area contributed by atoms with Crippen LogP contribution in [0.3, 0.4) is 0 Å². The highest BCUT2D eigenvalue weighted by molar-refractivity contribution is 14.0. The summed E-state index contributed by atoms with van der Waals surface area (Å²) in [5, 5.41) is 9.57. The molecule has 0 aromatic heterocycles. The molecule has 1 atom stereocenters. The van der Waals surface area contributed by atoms with Gasteiger partial charge in [-0.1, -0.05) is 24.3 Å². The molecule has 1 amide bonds. The number of halogens is 1. The van der Waals surface area contributed by atoms with Gasteiger partial charge in [0, 0.05) is 31.1 Å². The fourth-order valence-corrected chi connectivity index (χ4v) is 3.46. The molecule has 0 spiro atoms. The lowest BCUT2D eigenvalue weighted by molar-refractivity contribution is -0.116. The highest BCUT2D eigenvalue weighted by Crippen LogP contribution is 2.33. The van der Waals surface area contributed by atoms with Crippen molar-refractivity contribution in [2.45, 2.75) is 25.8 Å². The zero-order valence-electron chi connectivity index (χ0n) is 16.2. The Morgan fingerprint density at radius 3 is 2.86 bits per heavy atom. The van der Waals surface area contributed by atoms with Gasteiger partial charge >= 0.3 is 0 Å². The third kappa shape index (κ3) is 5.11. The SMILES string of the molecule is CCNC(=NCc1ccc2c(c1)OCO2)NCC1CC(=O)Nc2ccccc21.I. The van der Waals surface area contributed by atoms with Crippen molar-refractivity contribution in [3.63, 3.8) is 0 Å². The molecule has 4 rings (SSSR count). The number of carbonyl (C=O) groups excluding carboxylic acids is 1. The zero-order chi connectivity index (χ0) is 19.3. The third-order valence-corrected chi connectivity index (χ3v) is 4.82. The van der Waals surface area contributed by atoms with Gasteiger partial charge in [-0.2, -0.15) is 0 Å². The van der Waals surface area contributed by atoms with Crippen LogP contribution in [-0.4, -0.2) is 31.7 Å². The standard InChI is InChI=1S/C21H24N4O3.HI/c1-2-22-21(23-11-14-7-8-18-19(9-14)28-13-27-18)24-12-15-10-20(26)25-17-6-4-3-5-16(15)17;/h3-9,15H,2,10-13H2,1H3,(H,25,26)(H2,22,23,24);1H. The monoisotopic (exact) mass is 508 g/mol. The molecule has 0 aliphatic carbocycles. The maximum atomic E-state index is 12.0. The van der Waals surface area contributed by atoms with Gasteiger partial charge in [-0.05, 0) is 36.2 Å². The number of nitrogens with one attached hydrogen (secondary N) is 3. The maximum absolute atomic E-state index is 12.0. The number of ether oxygens (including phenoxy) is 2. The van der Waals surface area contributed by atoms with Crippen LogP contribution < -0.4 is 25.4 Å². The first-order chi connectivity index (χ1) is 13.7. The number of carbonyl (C=O) groups is 1. The van der Waals surface area contributed by atoms with Crippen molar-refractivity contribution in [3.05, 3.63) is 53.6 Å². The molecule has 0 bridgehead atoms. The second kappa shape index (κ2) is 9.82. The predicted octanol–water partition coefficient (Wildman–Crippen LogP) is 3.21. The Hall–Kier alpha value is -2.49. The zero-order valence-corrected chi connectivity index (χ0v) is 18.6. The third-order valence-electron chi connectivity index (χ3n) is 4.82. The minimum Gasteiger partial charge on any atom is -0.454 e. The van der Waals surface area contributed by atoms with E-state index < -0.39 is 0 Å². The van der Waals surface area contributed by atoms with Gasteiger partial charge in [-0.3, -0.25) is 4.79 Å². The van der Waals surface area contributed by atoms with Crippen LogP contribution in [0.1, 0.15) is 30.4 Å². The molecule has 2 aromatic carbocycles. The number of rotatable bonds is 5. The summed E-state index contributed by atoms with van der Waals surface area (Å²) in [5.41, 5.74) is 3.10. The molecule has 154 valence electrons. The van der Waals surface area contributed by atoms with Crippen molar-refractivity contribution >= 4 is 41.5 Å². The van der Waals surface area contributed by atoms with Gasteiger partial charge < -0.3 is 25.4 Å². The number of amides is 1. The van der Waals surface area contributed by atoms with E-state index in [2.05, 4.69) is 27.0 Å². The van der Waals surface area contributed by atoms with E-state index in [0.717, 1.165) is 40.8 Å². The highest BCUT2D eigenvalue weighted by atomic mass is 127. The summed E-state index contributed by atoms with van der Waals surface area (Å²) in [6.07, 6.45) is 0.464. The summed E-state index contributed by atoms with van der Waals surface area (Å²) < 4.78 is 10.8. The first-order valence-corrected chi connectivity index (χ1v) is 9.52. The van der Waals surface area contributed by atoms with Crippen LogP contribution in [0.5, 0.6) is 11.5 Å². The molecular weight excluding hydrogens is 483 g/mol. The Kier molecular flexibility index (Phi) is 7.18. The minimum atomic E-state index is 0. The van der Waals surface area contributed by atoms with Crippen LogP contribution in [0.2, 0.25) is 0 Å². The molecule has 2 aromatic rings. The van der Waals surface area contributed by atoms with Gasteiger partial charge in [0.05, 0.1) is 6.54 Å². The number of fused-ring (bicyclic) bond motifs is 2. The van der Waals surface area contributed by atoms with Crippen molar-refractivity contribution in [1.29, 1.82) is 0 Å². The van der Waals surface area contributed by atoms with E-state index >= 15 is 0 Å². The molecule has 8 heteroatoms. The van der Waals surface area contributed by atoms with Crippen molar-refractivity contribution in [1.82, 2.24) is 10.6 Å². The summed E-state index contributed by atoms with van der Waals surface area (Å²) >= 11 is 0. The van der Waals surface area contributed by atoms with E-state index in [-0.39, 0.29) is 42.6 Å². The lowest BCUT2D eigenvalue weighted by Crippen LogP contribution is -2.40. The lowest BCUT2D eigenvalue weighted by atomic mass is 9.90. The predicted molar refractivity (Wildman–Crippen MR) is 123 cm³/mol. The van der Waals surface area contributed by atoms with E-state index in [1.54, 1.807) is 0 Å². The van der Waals surface area contributed by atoms with E-state index in [9.17, 15) is 4.79 Å². The Labute approximate surface area is 187 Å². The maximum Gasteiger partial charge on any atom is 0.231 e. The van der Waals surface area contributed by atoms with Gasteiger partial charge in [0.25, 0.3) is 0 Å². The van der Waals surface area contributed by atoms with Crippen LogP contribution in [-0.2, 0) is 11.3 Å². The average molecular weight is 508 g/mol. The largest absolute Gasteiger partial charge is 0.454 e.